The first-order valence-electron chi connectivity index (χ1n) is 6.14. The molecule has 0 amide bonds. The summed E-state index contributed by atoms with van der Waals surface area (Å²) in [7, 11) is 4.25. The summed E-state index contributed by atoms with van der Waals surface area (Å²) in [5.41, 5.74) is 6.78. The maximum atomic E-state index is 5.72. The van der Waals surface area contributed by atoms with E-state index in [0.717, 1.165) is 17.9 Å². The summed E-state index contributed by atoms with van der Waals surface area (Å²) >= 11 is 0. The number of anilines is 1. The number of likely N-dealkylation sites (tertiary alicyclic amines) is 1. The van der Waals surface area contributed by atoms with E-state index in [9.17, 15) is 0 Å². The van der Waals surface area contributed by atoms with Crippen LogP contribution in [-0.4, -0.2) is 48.3 Å². The Balaban J connectivity index is 2.06. The van der Waals surface area contributed by atoms with Gasteiger partial charge in [0.25, 0.3) is 0 Å². The highest BCUT2D eigenvalue weighted by atomic mass is 15.3. The van der Waals surface area contributed by atoms with E-state index in [2.05, 4.69) is 34.1 Å². The molecule has 2 heterocycles. The van der Waals surface area contributed by atoms with Gasteiger partial charge in [0.1, 0.15) is 0 Å². The standard InChI is InChI=1S/C12H21N5/c1-16-7-3-4-11(16)9-17(2)12-10(8-13)5-6-14-15-12/h5-6,11H,3-4,7-9,13H2,1-2H3. The van der Waals surface area contributed by atoms with Crippen molar-refractivity contribution in [3.63, 3.8) is 0 Å². The predicted molar refractivity (Wildman–Crippen MR) is 68.8 cm³/mol. The van der Waals surface area contributed by atoms with Gasteiger partial charge in [0.05, 0.1) is 6.20 Å². The Morgan fingerprint density at radius 2 is 2.41 bits per heavy atom. The van der Waals surface area contributed by atoms with Gasteiger partial charge in [0, 0.05) is 31.7 Å². The molecule has 1 saturated heterocycles. The second-order valence-corrected chi connectivity index (χ2v) is 4.74. The van der Waals surface area contributed by atoms with Gasteiger partial charge in [-0.2, -0.15) is 5.10 Å². The van der Waals surface area contributed by atoms with Gasteiger partial charge in [-0.05, 0) is 32.5 Å². The molecule has 0 aromatic carbocycles. The molecule has 1 aliphatic rings. The third-order valence-corrected chi connectivity index (χ3v) is 3.52. The Bertz CT molecular complexity index is 368. The van der Waals surface area contributed by atoms with E-state index >= 15 is 0 Å². The van der Waals surface area contributed by atoms with E-state index in [4.69, 9.17) is 5.73 Å². The zero-order valence-corrected chi connectivity index (χ0v) is 10.6. The number of hydrogen-bond donors (Lipinski definition) is 1. The van der Waals surface area contributed by atoms with Crippen molar-refractivity contribution in [3.8, 4) is 0 Å². The van der Waals surface area contributed by atoms with Crippen molar-refractivity contribution in [3.05, 3.63) is 17.8 Å². The molecule has 1 unspecified atom stereocenters. The maximum absolute atomic E-state index is 5.72. The van der Waals surface area contributed by atoms with Gasteiger partial charge in [0.2, 0.25) is 0 Å². The van der Waals surface area contributed by atoms with E-state index in [0.29, 0.717) is 12.6 Å². The van der Waals surface area contributed by atoms with Crippen LogP contribution in [0.3, 0.4) is 0 Å². The van der Waals surface area contributed by atoms with Crippen LogP contribution in [-0.2, 0) is 6.54 Å². The summed E-state index contributed by atoms with van der Waals surface area (Å²) in [6.07, 6.45) is 4.25. The van der Waals surface area contributed by atoms with Crippen LogP contribution >= 0.6 is 0 Å². The Kier molecular flexibility index (Phi) is 3.91. The summed E-state index contributed by atoms with van der Waals surface area (Å²) < 4.78 is 0. The number of likely N-dealkylation sites (N-methyl/N-ethyl adjacent to an activating group) is 2. The van der Waals surface area contributed by atoms with Crippen molar-refractivity contribution >= 4 is 5.82 Å². The van der Waals surface area contributed by atoms with Gasteiger partial charge >= 0.3 is 0 Å². The van der Waals surface area contributed by atoms with Crippen molar-refractivity contribution in [2.24, 2.45) is 5.73 Å². The summed E-state index contributed by atoms with van der Waals surface area (Å²) in [6.45, 7) is 2.70. The van der Waals surface area contributed by atoms with Crippen molar-refractivity contribution in [1.29, 1.82) is 0 Å². The minimum absolute atomic E-state index is 0.510. The lowest BCUT2D eigenvalue weighted by Gasteiger charge is -2.27. The van der Waals surface area contributed by atoms with E-state index in [1.165, 1.54) is 19.4 Å². The molecule has 1 aliphatic heterocycles. The highest BCUT2D eigenvalue weighted by Gasteiger charge is 2.23. The molecule has 0 bridgehead atoms. The third-order valence-electron chi connectivity index (χ3n) is 3.52. The van der Waals surface area contributed by atoms with Crippen LogP contribution < -0.4 is 10.6 Å². The lowest BCUT2D eigenvalue weighted by Crippen LogP contribution is -2.37. The lowest BCUT2D eigenvalue weighted by molar-refractivity contribution is 0.313. The molecule has 2 rings (SSSR count). The van der Waals surface area contributed by atoms with E-state index in [-0.39, 0.29) is 0 Å². The minimum atomic E-state index is 0.510. The van der Waals surface area contributed by atoms with Gasteiger partial charge in [-0.25, -0.2) is 0 Å². The molecule has 0 saturated carbocycles. The first-order chi connectivity index (χ1) is 8.22. The molecule has 0 aliphatic carbocycles. The normalized spacial score (nSPS) is 20.8. The van der Waals surface area contributed by atoms with Crippen LogP contribution in [0, 0.1) is 0 Å². The van der Waals surface area contributed by atoms with Crippen LogP contribution in [0.25, 0.3) is 0 Å². The molecule has 1 aromatic rings. The lowest BCUT2D eigenvalue weighted by atomic mass is 10.2. The summed E-state index contributed by atoms with van der Waals surface area (Å²) in [6, 6.07) is 2.56. The molecular weight excluding hydrogens is 214 g/mol. The molecule has 0 radical (unpaired) electrons. The van der Waals surface area contributed by atoms with Gasteiger partial charge in [-0.3, -0.25) is 0 Å². The van der Waals surface area contributed by atoms with E-state index in [1.807, 2.05) is 6.07 Å². The van der Waals surface area contributed by atoms with Crippen LogP contribution in [0.5, 0.6) is 0 Å². The first-order valence-corrected chi connectivity index (χ1v) is 6.14. The zero-order chi connectivity index (χ0) is 12.3. The largest absolute Gasteiger partial charge is 0.356 e. The van der Waals surface area contributed by atoms with Crippen LogP contribution in [0.1, 0.15) is 18.4 Å². The zero-order valence-electron chi connectivity index (χ0n) is 10.6. The van der Waals surface area contributed by atoms with Gasteiger partial charge in [0.15, 0.2) is 5.82 Å². The second-order valence-electron chi connectivity index (χ2n) is 4.74. The SMILES string of the molecule is CN(CC1CCCN1C)c1nnccc1CN. The number of aromatic nitrogens is 2. The molecule has 5 nitrogen and oxygen atoms in total. The van der Waals surface area contributed by atoms with Gasteiger partial charge in [-0.1, -0.05) is 0 Å². The third kappa shape index (κ3) is 2.73. The van der Waals surface area contributed by atoms with Crippen molar-refractivity contribution in [2.45, 2.75) is 25.4 Å². The number of nitrogens with zero attached hydrogens (tertiary/aromatic N) is 4. The smallest absolute Gasteiger partial charge is 0.155 e. The van der Waals surface area contributed by atoms with Crippen molar-refractivity contribution in [2.75, 3.05) is 32.1 Å². The predicted octanol–water partition coefficient (Wildman–Crippen LogP) is 0.466. The van der Waals surface area contributed by atoms with E-state index in [1.54, 1.807) is 6.20 Å². The summed E-state index contributed by atoms with van der Waals surface area (Å²) in [5, 5.41) is 8.14. The maximum Gasteiger partial charge on any atom is 0.155 e. The molecule has 17 heavy (non-hydrogen) atoms. The molecule has 94 valence electrons. The van der Waals surface area contributed by atoms with Gasteiger partial charge in [-0.15, -0.1) is 5.10 Å². The molecule has 5 heteroatoms. The van der Waals surface area contributed by atoms with Crippen LogP contribution in [0.15, 0.2) is 12.3 Å². The monoisotopic (exact) mass is 235 g/mol. The molecule has 1 aromatic heterocycles. The van der Waals surface area contributed by atoms with E-state index < -0.39 is 0 Å². The van der Waals surface area contributed by atoms with Crippen molar-refractivity contribution in [1.82, 2.24) is 15.1 Å². The molecular formula is C12H21N5. The number of rotatable bonds is 4. The number of hydrogen-bond acceptors (Lipinski definition) is 5. The Hall–Kier alpha value is -1.20. The molecule has 2 N–H and O–H groups in total. The molecule has 1 atom stereocenters. The fourth-order valence-electron chi connectivity index (χ4n) is 2.44. The average molecular weight is 235 g/mol. The van der Waals surface area contributed by atoms with Crippen molar-refractivity contribution < 1.29 is 0 Å². The second kappa shape index (κ2) is 5.42. The molecule has 1 fully saturated rings. The Labute approximate surface area is 103 Å². The average Bonchev–Trinajstić information content (AvgIpc) is 2.75. The Morgan fingerprint density at radius 1 is 1.59 bits per heavy atom. The summed E-state index contributed by atoms with van der Waals surface area (Å²) in [4.78, 5) is 4.58. The number of nitrogens with two attached hydrogens (primary N) is 1. The topological polar surface area (TPSA) is 58.3 Å². The van der Waals surface area contributed by atoms with Crippen LogP contribution in [0.4, 0.5) is 5.82 Å². The fraction of sp³-hybridized carbons (Fsp3) is 0.667. The highest BCUT2D eigenvalue weighted by Crippen LogP contribution is 2.19. The van der Waals surface area contributed by atoms with Crippen LogP contribution in [0.2, 0.25) is 0 Å². The quantitative estimate of drug-likeness (QED) is 0.822. The molecule has 0 spiro atoms. The van der Waals surface area contributed by atoms with Gasteiger partial charge < -0.3 is 15.5 Å². The summed E-state index contributed by atoms with van der Waals surface area (Å²) in [5.74, 6) is 0.912. The fourth-order valence-corrected chi connectivity index (χ4v) is 2.44. The Morgan fingerprint density at radius 3 is 3.06 bits per heavy atom. The minimum Gasteiger partial charge on any atom is -0.356 e. The highest BCUT2D eigenvalue weighted by molar-refractivity contribution is 5.44. The first kappa shape index (κ1) is 12.3.